The van der Waals surface area contributed by atoms with E-state index in [1.165, 1.54) is 6.42 Å². The molecular formula is C22H26N4O4. The molecule has 0 bridgehead atoms. The molecule has 0 radical (unpaired) electrons. The average Bonchev–Trinajstić information content (AvgIpc) is 2.94. The Bertz CT molecular complexity index is 926. The van der Waals surface area contributed by atoms with E-state index < -0.39 is 23.8 Å². The summed E-state index contributed by atoms with van der Waals surface area (Å²) in [6.45, 7) is 3.69. The van der Waals surface area contributed by atoms with Crippen molar-refractivity contribution in [3.05, 3.63) is 34.9 Å². The first-order chi connectivity index (χ1) is 14.5. The molecule has 4 amide bonds. The fourth-order valence-electron chi connectivity index (χ4n) is 5.27. The third kappa shape index (κ3) is 3.15. The van der Waals surface area contributed by atoms with Crippen molar-refractivity contribution in [2.75, 3.05) is 19.6 Å². The van der Waals surface area contributed by atoms with Gasteiger partial charge >= 0.3 is 0 Å². The Labute approximate surface area is 175 Å². The summed E-state index contributed by atoms with van der Waals surface area (Å²) >= 11 is 0. The molecule has 1 aromatic carbocycles. The van der Waals surface area contributed by atoms with Crippen LogP contribution in [0.15, 0.2) is 18.2 Å². The van der Waals surface area contributed by atoms with Crippen LogP contribution in [0.5, 0.6) is 0 Å². The Morgan fingerprint density at radius 1 is 1.00 bits per heavy atom. The van der Waals surface area contributed by atoms with Crippen molar-refractivity contribution in [2.45, 2.75) is 50.7 Å². The van der Waals surface area contributed by atoms with E-state index >= 15 is 0 Å². The predicted molar refractivity (Wildman–Crippen MR) is 108 cm³/mol. The number of hydrogen-bond acceptors (Lipinski definition) is 6. The highest BCUT2D eigenvalue weighted by Gasteiger charge is 2.45. The van der Waals surface area contributed by atoms with Gasteiger partial charge in [-0.05, 0) is 43.4 Å². The predicted octanol–water partition coefficient (Wildman–Crippen LogP) is 0.662. The van der Waals surface area contributed by atoms with Crippen LogP contribution in [0.3, 0.4) is 0 Å². The van der Waals surface area contributed by atoms with Crippen LogP contribution in [-0.4, -0.2) is 65.1 Å². The van der Waals surface area contributed by atoms with Gasteiger partial charge in [0.05, 0.1) is 11.1 Å². The SMILES string of the molecule is O=C1CCC(N2C(=O)c3cccc(CN4CCCCC4C4CNC4)c3C2=O)C(=O)N1. The summed E-state index contributed by atoms with van der Waals surface area (Å²) in [6.07, 6.45) is 3.83. The summed E-state index contributed by atoms with van der Waals surface area (Å²) in [4.78, 5) is 53.6. The minimum atomic E-state index is -0.924. The molecule has 158 valence electrons. The standard InChI is InChI=1S/C22H26N4O4/c27-18-8-7-17(20(28)24-18)26-21(29)15-5-3-4-13(19(15)22(26)30)12-25-9-2-1-6-16(25)14-10-23-11-14/h3-5,14,16-17,23H,1-2,6-12H2,(H,24,27,28). The molecular weight excluding hydrogens is 384 g/mol. The fourth-order valence-corrected chi connectivity index (χ4v) is 5.27. The van der Waals surface area contributed by atoms with Gasteiger partial charge in [0.15, 0.2) is 0 Å². The van der Waals surface area contributed by atoms with E-state index in [-0.39, 0.29) is 18.7 Å². The zero-order valence-corrected chi connectivity index (χ0v) is 16.9. The number of imide groups is 2. The molecule has 4 aliphatic rings. The number of nitrogens with one attached hydrogen (secondary N) is 2. The van der Waals surface area contributed by atoms with Gasteiger partial charge in [0.1, 0.15) is 6.04 Å². The number of hydrogen-bond donors (Lipinski definition) is 2. The van der Waals surface area contributed by atoms with Gasteiger partial charge in [-0.3, -0.25) is 34.3 Å². The number of nitrogens with zero attached hydrogens (tertiary/aromatic N) is 2. The number of amides is 4. The van der Waals surface area contributed by atoms with Gasteiger partial charge in [-0.25, -0.2) is 0 Å². The molecule has 0 aliphatic carbocycles. The van der Waals surface area contributed by atoms with E-state index in [1.54, 1.807) is 6.07 Å². The third-order valence-corrected chi connectivity index (χ3v) is 6.95. The maximum atomic E-state index is 13.3. The topological polar surface area (TPSA) is 98.8 Å². The van der Waals surface area contributed by atoms with Crippen LogP contribution in [0.1, 0.15) is 58.4 Å². The monoisotopic (exact) mass is 410 g/mol. The van der Waals surface area contributed by atoms with Crippen molar-refractivity contribution in [3.8, 4) is 0 Å². The summed E-state index contributed by atoms with van der Waals surface area (Å²) in [5.74, 6) is -1.16. The lowest BCUT2D eigenvalue weighted by atomic mass is 9.86. The van der Waals surface area contributed by atoms with Gasteiger partial charge in [-0.1, -0.05) is 18.6 Å². The van der Waals surface area contributed by atoms with Crippen molar-refractivity contribution < 1.29 is 19.2 Å². The molecule has 4 heterocycles. The molecule has 2 N–H and O–H groups in total. The van der Waals surface area contributed by atoms with Crippen LogP contribution in [0.4, 0.5) is 0 Å². The van der Waals surface area contributed by atoms with Gasteiger partial charge in [-0.2, -0.15) is 0 Å². The normalized spacial score (nSPS) is 27.8. The zero-order valence-electron chi connectivity index (χ0n) is 16.9. The Balaban J connectivity index is 1.42. The summed E-state index contributed by atoms with van der Waals surface area (Å²) in [6, 6.07) is 4.97. The molecule has 8 heteroatoms. The van der Waals surface area contributed by atoms with Gasteiger partial charge in [0, 0.05) is 32.1 Å². The first-order valence-electron chi connectivity index (χ1n) is 10.8. The third-order valence-electron chi connectivity index (χ3n) is 6.95. The van der Waals surface area contributed by atoms with Crippen LogP contribution >= 0.6 is 0 Å². The summed E-state index contributed by atoms with van der Waals surface area (Å²) in [5.41, 5.74) is 1.63. The molecule has 2 unspecified atom stereocenters. The highest BCUT2D eigenvalue weighted by atomic mass is 16.2. The van der Waals surface area contributed by atoms with Crippen molar-refractivity contribution in [2.24, 2.45) is 5.92 Å². The summed E-state index contributed by atoms with van der Waals surface area (Å²) in [5, 5.41) is 5.60. The molecule has 3 saturated heterocycles. The van der Waals surface area contributed by atoms with Crippen molar-refractivity contribution in [1.29, 1.82) is 0 Å². The minimum absolute atomic E-state index is 0.127. The van der Waals surface area contributed by atoms with Crippen molar-refractivity contribution in [3.63, 3.8) is 0 Å². The second-order valence-corrected chi connectivity index (χ2v) is 8.74. The fraction of sp³-hybridized carbons (Fsp3) is 0.545. The number of piperidine rings is 2. The van der Waals surface area contributed by atoms with E-state index in [0.29, 0.717) is 29.6 Å². The summed E-state index contributed by atoms with van der Waals surface area (Å²) < 4.78 is 0. The van der Waals surface area contributed by atoms with Gasteiger partial charge in [0.2, 0.25) is 11.8 Å². The lowest BCUT2D eigenvalue weighted by Crippen LogP contribution is -2.55. The molecule has 0 aromatic heterocycles. The highest BCUT2D eigenvalue weighted by molar-refractivity contribution is 6.24. The van der Waals surface area contributed by atoms with Gasteiger partial charge < -0.3 is 5.32 Å². The Hall–Kier alpha value is -2.58. The maximum absolute atomic E-state index is 13.3. The lowest BCUT2D eigenvalue weighted by molar-refractivity contribution is -0.136. The second-order valence-electron chi connectivity index (χ2n) is 8.74. The Morgan fingerprint density at radius 2 is 1.83 bits per heavy atom. The number of rotatable bonds is 4. The lowest BCUT2D eigenvalue weighted by Gasteiger charge is -2.44. The molecule has 2 atom stereocenters. The van der Waals surface area contributed by atoms with E-state index in [0.717, 1.165) is 42.9 Å². The molecule has 8 nitrogen and oxygen atoms in total. The van der Waals surface area contributed by atoms with Crippen molar-refractivity contribution >= 4 is 23.6 Å². The number of benzene rings is 1. The molecule has 1 aromatic rings. The Morgan fingerprint density at radius 3 is 2.57 bits per heavy atom. The summed E-state index contributed by atoms with van der Waals surface area (Å²) in [7, 11) is 0. The van der Waals surface area contributed by atoms with Crippen LogP contribution in [0.2, 0.25) is 0 Å². The van der Waals surface area contributed by atoms with Crippen LogP contribution in [-0.2, 0) is 16.1 Å². The molecule has 4 aliphatic heterocycles. The largest absolute Gasteiger partial charge is 0.316 e. The van der Waals surface area contributed by atoms with E-state index in [9.17, 15) is 19.2 Å². The number of carbonyl (C=O) groups is 4. The minimum Gasteiger partial charge on any atom is -0.316 e. The molecule has 30 heavy (non-hydrogen) atoms. The average molecular weight is 410 g/mol. The molecule has 5 rings (SSSR count). The Kier molecular flexibility index (Phi) is 4.91. The van der Waals surface area contributed by atoms with Crippen LogP contribution in [0.25, 0.3) is 0 Å². The van der Waals surface area contributed by atoms with E-state index in [4.69, 9.17) is 0 Å². The van der Waals surface area contributed by atoms with E-state index in [2.05, 4.69) is 15.5 Å². The maximum Gasteiger partial charge on any atom is 0.262 e. The smallest absolute Gasteiger partial charge is 0.262 e. The molecule has 3 fully saturated rings. The number of carbonyl (C=O) groups excluding carboxylic acids is 4. The van der Waals surface area contributed by atoms with Gasteiger partial charge in [0.25, 0.3) is 11.8 Å². The highest BCUT2D eigenvalue weighted by Crippen LogP contribution is 2.33. The van der Waals surface area contributed by atoms with Gasteiger partial charge in [-0.15, -0.1) is 0 Å². The first kappa shape index (κ1) is 19.4. The van der Waals surface area contributed by atoms with Crippen molar-refractivity contribution in [1.82, 2.24) is 20.4 Å². The number of fused-ring (bicyclic) bond motifs is 1. The zero-order chi connectivity index (χ0) is 20.8. The quantitative estimate of drug-likeness (QED) is 0.708. The number of likely N-dealkylation sites (tertiary alicyclic amines) is 1. The molecule has 0 spiro atoms. The molecule has 0 saturated carbocycles. The van der Waals surface area contributed by atoms with Crippen LogP contribution in [0, 0.1) is 5.92 Å². The van der Waals surface area contributed by atoms with E-state index in [1.807, 2.05) is 12.1 Å². The van der Waals surface area contributed by atoms with Crippen LogP contribution < -0.4 is 10.6 Å². The second kappa shape index (κ2) is 7.59. The first-order valence-corrected chi connectivity index (χ1v) is 10.8.